The Kier molecular flexibility index (Phi) is 1050. The van der Waals surface area contributed by atoms with Crippen LogP contribution in [0.5, 0.6) is 0 Å². The fourth-order valence-electron chi connectivity index (χ4n) is 0. The molecule has 0 heterocycles. The maximum absolute atomic E-state index is 0. The van der Waals surface area contributed by atoms with Crippen LogP contribution in [0.3, 0.4) is 0 Å². The average Bonchev–Trinajstić information content (AvgIpc) is 0. The molecule has 4 N–H and O–H groups in total. The molecule has 4 nitrogen and oxygen atoms in total. The third kappa shape index (κ3) is 54.3. The van der Waals surface area contributed by atoms with E-state index in [-0.39, 0.29) is 106 Å². The van der Waals surface area contributed by atoms with Gasteiger partial charge in [0.25, 0.3) is 0 Å². The van der Waals surface area contributed by atoms with Crippen molar-refractivity contribution in [1.29, 1.82) is 0 Å². The average molecular weight is 592 g/mol. The molecular formula is H4O4TiU2. The van der Waals surface area contributed by atoms with Gasteiger partial charge in [-0.1, -0.05) is 0 Å². The molecule has 0 aromatic carbocycles. The zero-order valence-electron chi connectivity index (χ0n) is 3.29. The van der Waals surface area contributed by atoms with Crippen LogP contribution in [-0.4, -0.2) is 21.9 Å². The van der Waals surface area contributed by atoms with Crippen molar-refractivity contribution in [3.05, 3.63) is 0 Å². The molecule has 7 heavy (non-hydrogen) atoms. The van der Waals surface area contributed by atoms with E-state index >= 15 is 0 Å². The molecule has 0 aromatic rings. The second-order valence-corrected chi connectivity index (χ2v) is 0. The van der Waals surface area contributed by atoms with Crippen LogP contribution in [0.4, 0.5) is 0 Å². The summed E-state index contributed by atoms with van der Waals surface area (Å²) in [6.45, 7) is 0. The Bertz CT molecular complexity index is 9.65. The van der Waals surface area contributed by atoms with E-state index in [1.165, 1.54) is 0 Å². The molecule has 0 atom stereocenters. The normalized spacial score (nSPS) is 0. The Balaban J connectivity index is 0. The van der Waals surface area contributed by atoms with Crippen LogP contribution in [0.25, 0.3) is 0 Å². The zero-order valence-corrected chi connectivity index (χ0v) is 13.2. The van der Waals surface area contributed by atoms with E-state index in [1.807, 2.05) is 0 Å². The van der Waals surface area contributed by atoms with Crippen molar-refractivity contribution in [3.63, 3.8) is 0 Å². The van der Waals surface area contributed by atoms with Gasteiger partial charge in [0.05, 0.1) is 0 Å². The van der Waals surface area contributed by atoms with E-state index in [0.29, 0.717) is 0 Å². The molecule has 0 radical (unpaired) electrons. The van der Waals surface area contributed by atoms with Gasteiger partial charge in [-0.05, 0) is 0 Å². The van der Waals surface area contributed by atoms with Crippen molar-refractivity contribution in [1.82, 2.24) is 0 Å². The van der Waals surface area contributed by atoms with Crippen LogP contribution in [0, 0.1) is 62.2 Å². The standard InChI is InChI=1S/4H2O.Ti.2U/h4*1H2;;;/q;;;;;2*+2/p-4. The van der Waals surface area contributed by atoms with Gasteiger partial charge in [-0.25, -0.2) is 0 Å². The summed E-state index contributed by atoms with van der Waals surface area (Å²) in [5, 5.41) is 0. The van der Waals surface area contributed by atoms with E-state index < -0.39 is 0 Å². The van der Waals surface area contributed by atoms with E-state index in [9.17, 15) is 0 Å². The van der Waals surface area contributed by atoms with Crippen molar-refractivity contribution >= 4 is 0 Å². The van der Waals surface area contributed by atoms with Gasteiger partial charge in [-0.15, -0.1) is 0 Å². The van der Waals surface area contributed by atoms with Crippen molar-refractivity contribution in [2.24, 2.45) is 0 Å². The Morgan fingerprint density at radius 3 is 0.429 bits per heavy atom. The number of hydrogen-bond donors (Lipinski definition) is 0. The first-order valence-corrected chi connectivity index (χ1v) is 0. The summed E-state index contributed by atoms with van der Waals surface area (Å²) in [5.74, 6) is 0. The van der Waals surface area contributed by atoms with Gasteiger partial charge in [-0.2, -0.15) is 0 Å². The maximum Gasteiger partial charge on any atom is 2.00 e. The summed E-state index contributed by atoms with van der Waals surface area (Å²) >= 11 is 0. The van der Waals surface area contributed by atoms with Crippen LogP contribution in [0.1, 0.15) is 0 Å². The SMILES string of the molecule is [OH-].[OH-].[OH-].[OH-].[Ti].[U+2].[U+2]. The predicted molar refractivity (Wildman–Crippen MR) is 7.74 cm³/mol. The molecule has 7 heteroatoms. The summed E-state index contributed by atoms with van der Waals surface area (Å²) in [6, 6.07) is 0. The molecule has 0 aliphatic carbocycles. The molecule has 0 bridgehead atoms. The Morgan fingerprint density at radius 2 is 0.429 bits per heavy atom. The van der Waals surface area contributed by atoms with Crippen LogP contribution in [0.2, 0.25) is 0 Å². The van der Waals surface area contributed by atoms with Gasteiger partial charge in [0.1, 0.15) is 0 Å². The minimum Gasteiger partial charge on any atom is -0.870 e. The molecule has 0 aliphatic heterocycles. The first-order valence-electron chi connectivity index (χ1n) is 0. The molecule has 0 saturated heterocycles. The molecule has 0 rings (SSSR count). The first kappa shape index (κ1) is 102. The summed E-state index contributed by atoms with van der Waals surface area (Å²) < 4.78 is 0. The van der Waals surface area contributed by atoms with Gasteiger partial charge in [0.2, 0.25) is 0 Å². The second-order valence-electron chi connectivity index (χ2n) is 0. The maximum atomic E-state index is 0. The smallest absolute Gasteiger partial charge is 0.870 e. The van der Waals surface area contributed by atoms with Crippen LogP contribution < -0.4 is 0 Å². The van der Waals surface area contributed by atoms with Crippen molar-refractivity contribution in [2.75, 3.05) is 0 Å². The third-order valence-corrected chi connectivity index (χ3v) is 0. The van der Waals surface area contributed by atoms with Gasteiger partial charge in [0.15, 0.2) is 0 Å². The predicted octanol–water partition coefficient (Wildman–Crippen LogP) is -0.710. The molecule has 0 aliphatic rings. The van der Waals surface area contributed by atoms with E-state index in [2.05, 4.69) is 0 Å². The molecule has 0 aromatic heterocycles. The third-order valence-electron chi connectivity index (χ3n) is 0. The topological polar surface area (TPSA) is 120 Å². The largest absolute Gasteiger partial charge is 2.00 e. The molecule has 0 saturated carbocycles. The monoisotopic (exact) mass is 592 g/mol. The van der Waals surface area contributed by atoms with Gasteiger partial charge in [0, 0.05) is 21.7 Å². The van der Waals surface area contributed by atoms with Crippen LogP contribution in [-0.2, 0) is 21.7 Å². The number of rotatable bonds is 0. The van der Waals surface area contributed by atoms with Crippen molar-refractivity contribution in [2.45, 2.75) is 0 Å². The van der Waals surface area contributed by atoms with E-state index in [1.54, 1.807) is 0 Å². The van der Waals surface area contributed by atoms with Crippen LogP contribution in [0.15, 0.2) is 0 Å². The first-order chi connectivity index (χ1) is 0. The summed E-state index contributed by atoms with van der Waals surface area (Å²) in [7, 11) is 0. The Labute approximate surface area is 104 Å². The van der Waals surface area contributed by atoms with Gasteiger partial charge >= 0.3 is 62.2 Å². The molecule has 0 fully saturated rings. The minimum atomic E-state index is 0. The molecule has 0 amide bonds. The van der Waals surface area contributed by atoms with Crippen LogP contribution >= 0.6 is 0 Å². The molecule has 0 unspecified atom stereocenters. The van der Waals surface area contributed by atoms with Crippen molar-refractivity contribution < 1.29 is 106 Å². The summed E-state index contributed by atoms with van der Waals surface area (Å²) in [6.07, 6.45) is 0. The number of hydrogen-bond acceptors (Lipinski definition) is 4. The quantitative estimate of drug-likeness (QED) is 0.346. The zero-order chi connectivity index (χ0) is 0. The summed E-state index contributed by atoms with van der Waals surface area (Å²) in [4.78, 5) is 0. The fraction of sp³-hybridized carbons (Fsp3) is 0. The summed E-state index contributed by atoms with van der Waals surface area (Å²) in [5.41, 5.74) is 0. The fourth-order valence-corrected chi connectivity index (χ4v) is 0. The van der Waals surface area contributed by atoms with Gasteiger partial charge < -0.3 is 21.9 Å². The van der Waals surface area contributed by atoms with Crippen molar-refractivity contribution in [3.8, 4) is 0 Å². The Morgan fingerprint density at radius 1 is 0.429 bits per heavy atom. The molecule has 0 spiro atoms. The van der Waals surface area contributed by atoms with E-state index in [4.69, 9.17) is 0 Å². The van der Waals surface area contributed by atoms with Gasteiger partial charge in [-0.3, -0.25) is 0 Å². The molecular weight excluding hydrogens is 588 g/mol. The Hall–Kier alpha value is 2.66. The molecule has 40 valence electrons. The minimum absolute atomic E-state index is 0. The van der Waals surface area contributed by atoms with E-state index in [0.717, 1.165) is 0 Å². The second kappa shape index (κ2) is 71.9.